The van der Waals surface area contributed by atoms with Crippen LogP contribution >= 0.6 is 0 Å². The van der Waals surface area contributed by atoms with Gasteiger partial charge in [0.05, 0.1) is 11.0 Å². The molecule has 1 rings (SSSR count). The van der Waals surface area contributed by atoms with Gasteiger partial charge in [0.2, 0.25) is 10.0 Å². The fourth-order valence-corrected chi connectivity index (χ4v) is 3.05. The SMILES string of the molecule is CCNC(=O)c1cc(S(=O)(=O)NCCCOC(C)C)ccc1C. The second-order valence-corrected chi connectivity index (χ2v) is 7.27. The molecule has 0 unspecified atom stereocenters. The highest BCUT2D eigenvalue weighted by atomic mass is 32.2. The smallest absolute Gasteiger partial charge is 0.251 e. The molecule has 6 nitrogen and oxygen atoms in total. The van der Waals surface area contributed by atoms with Crippen LogP contribution in [0.3, 0.4) is 0 Å². The van der Waals surface area contributed by atoms with Gasteiger partial charge in [0.1, 0.15) is 0 Å². The number of amides is 1. The number of carbonyl (C=O) groups excluding carboxylic acids is 1. The van der Waals surface area contributed by atoms with Gasteiger partial charge in [-0.15, -0.1) is 0 Å². The fraction of sp³-hybridized carbons (Fsp3) is 0.562. The monoisotopic (exact) mass is 342 g/mol. The lowest BCUT2D eigenvalue weighted by atomic mass is 10.1. The van der Waals surface area contributed by atoms with Crippen molar-refractivity contribution in [2.45, 2.75) is 45.1 Å². The zero-order chi connectivity index (χ0) is 17.5. The molecule has 0 atom stereocenters. The molecule has 0 saturated carbocycles. The average Bonchev–Trinajstić information content (AvgIpc) is 2.46. The molecule has 130 valence electrons. The number of aryl methyl sites for hydroxylation is 1. The molecule has 0 saturated heterocycles. The Kier molecular flexibility index (Phi) is 7.67. The lowest BCUT2D eigenvalue weighted by Crippen LogP contribution is -2.27. The molecule has 7 heteroatoms. The molecule has 0 radical (unpaired) electrons. The number of sulfonamides is 1. The van der Waals surface area contributed by atoms with E-state index in [2.05, 4.69) is 10.0 Å². The minimum absolute atomic E-state index is 0.0918. The molecule has 0 aromatic heterocycles. The Bertz CT molecular complexity index is 627. The molecule has 0 aliphatic carbocycles. The largest absolute Gasteiger partial charge is 0.379 e. The van der Waals surface area contributed by atoms with E-state index in [9.17, 15) is 13.2 Å². The number of ether oxygens (including phenoxy) is 1. The van der Waals surface area contributed by atoms with Gasteiger partial charge < -0.3 is 10.1 Å². The lowest BCUT2D eigenvalue weighted by Gasteiger charge is -2.11. The van der Waals surface area contributed by atoms with Gasteiger partial charge in [-0.25, -0.2) is 13.1 Å². The topological polar surface area (TPSA) is 84.5 Å². The first kappa shape index (κ1) is 19.6. The number of benzene rings is 1. The van der Waals surface area contributed by atoms with E-state index in [0.717, 1.165) is 5.56 Å². The van der Waals surface area contributed by atoms with E-state index in [-0.39, 0.29) is 16.9 Å². The van der Waals surface area contributed by atoms with Crippen molar-refractivity contribution in [2.24, 2.45) is 0 Å². The molecule has 2 N–H and O–H groups in total. The van der Waals surface area contributed by atoms with Crippen molar-refractivity contribution in [2.75, 3.05) is 19.7 Å². The second-order valence-electron chi connectivity index (χ2n) is 5.51. The summed E-state index contributed by atoms with van der Waals surface area (Å²) in [5, 5.41) is 2.68. The maximum absolute atomic E-state index is 12.3. The van der Waals surface area contributed by atoms with E-state index in [0.29, 0.717) is 31.7 Å². The van der Waals surface area contributed by atoms with Gasteiger partial charge in [-0.1, -0.05) is 6.07 Å². The Balaban J connectivity index is 2.76. The summed E-state index contributed by atoms with van der Waals surface area (Å²) in [7, 11) is -3.63. The molecule has 0 aliphatic heterocycles. The van der Waals surface area contributed by atoms with E-state index in [1.54, 1.807) is 13.0 Å². The van der Waals surface area contributed by atoms with Crippen molar-refractivity contribution in [1.82, 2.24) is 10.0 Å². The second kappa shape index (κ2) is 9.00. The Labute approximate surface area is 138 Å². The quantitative estimate of drug-likeness (QED) is 0.671. The van der Waals surface area contributed by atoms with Gasteiger partial charge in [0, 0.05) is 25.3 Å². The summed E-state index contributed by atoms with van der Waals surface area (Å²) in [4.78, 5) is 12.1. The highest BCUT2D eigenvalue weighted by Crippen LogP contribution is 2.15. The van der Waals surface area contributed by atoms with E-state index < -0.39 is 10.0 Å². The summed E-state index contributed by atoms with van der Waals surface area (Å²) in [5.74, 6) is -0.271. The average molecular weight is 342 g/mol. The van der Waals surface area contributed by atoms with E-state index >= 15 is 0 Å². The third-order valence-electron chi connectivity index (χ3n) is 3.17. The number of hydrogen-bond donors (Lipinski definition) is 2. The normalized spacial score (nSPS) is 11.7. The van der Waals surface area contributed by atoms with Crippen LogP contribution in [0, 0.1) is 6.92 Å². The Hall–Kier alpha value is -1.44. The number of hydrogen-bond acceptors (Lipinski definition) is 4. The van der Waals surface area contributed by atoms with Crippen LogP contribution in [0.4, 0.5) is 0 Å². The molecule has 1 aromatic carbocycles. The van der Waals surface area contributed by atoms with E-state index in [1.807, 2.05) is 20.8 Å². The molecule has 0 bridgehead atoms. The van der Waals surface area contributed by atoms with Gasteiger partial charge >= 0.3 is 0 Å². The van der Waals surface area contributed by atoms with Crippen molar-refractivity contribution < 1.29 is 17.9 Å². The van der Waals surface area contributed by atoms with Crippen LogP contribution in [0.15, 0.2) is 23.1 Å². The van der Waals surface area contributed by atoms with Crippen LogP contribution in [-0.4, -0.2) is 40.1 Å². The van der Waals surface area contributed by atoms with Crippen LogP contribution in [0.25, 0.3) is 0 Å². The zero-order valence-electron chi connectivity index (χ0n) is 14.2. The first-order valence-corrected chi connectivity index (χ1v) is 9.26. The third-order valence-corrected chi connectivity index (χ3v) is 4.62. The van der Waals surface area contributed by atoms with Gasteiger partial charge in [0.25, 0.3) is 5.91 Å². The van der Waals surface area contributed by atoms with Crippen molar-refractivity contribution >= 4 is 15.9 Å². The highest BCUT2D eigenvalue weighted by Gasteiger charge is 2.17. The summed E-state index contributed by atoms with van der Waals surface area (Å²) in [6.45, 7) is 8.73. The Morgan fingerprint density at radius 1 is 1.30 bits per heavy atom. The van der Waals surface area contributed by atoms with E-state index in [1.165, 1.54) is 12.1 Å². The first-order chi connectivity index (χ1) is 10.8. The number of nitrogens with one attached hydrogen (secondary N) is 2. The Morgan fingerprint density at radius 3 is 2.61 bits per heavy atom. The van der Waals surface area contributed by atoms with E-state index in [4.69, 9.17) is 4.74 Å². The Morgan fingerprint density at radius 2 is 2.00 bits per heavy atom. The first-order valence-electron chi connectivity index (χ1n) is 7.78. The highest BCUT2D eigenvalue weighted by molar-refractivity contribution is 7.89. The van der Waals surface area contributed by atoms with Crippen molar-refractivity contribution in [3.8, 4) is 0 Å². The molecular weight excluding hydrogens is 316 g/mol. The maximum Gasteiger partial charge on any atom is 0.251 e. The number of carbonyl (C=O) groups is 1. The summed E-state index contributed by atoms with van der Waals surface area (Å²) < 4.78 is 32.5. The summed E-state index contributed by atoms with van der Waals surface area (Å²) in [6, 6.07) is 4.55. The predicted octanol–water partition coefficient (Wildman–Crippen LogP) is 1.84. The van der Waals surface area contributed by atoms with Crippen LogP contribution in [0.5, 0.6) is 0 Å². The summed E-state index contributed by atoms with van der Waals surface area (Å²) in [5.41, 5.74) is 1.11. The maximum atomic E-state index is 12.3. The standard InChI is InChI=1S/C16H26N2O4S/c1-5-17-16(19)15-11-14(8-7-13(15)4)23(20,21)18-9-6-10-22-12(2)3/h7-8,11-12,18H,5-6,9-10H2,1-4H3,(H,17,19). The van der Waals surface area contributed by atoms with Crippen molar-refractivity contribution in [3.63, 3.8) is 0 Å². The van der Waals surface area contributed by atoms with Gasteiger partial charge in [-0.05, 0) is 51.8 Å². The minimum Gasteiger partial charge on any atom is -0.379 e. The van der Waals surface area contributed by atoms with Crippen molar-refractivity contribution in [1.29, 1.82) is 0 Å². The summed E-state index contributed by atoms with van der Waals surface area (Å²) >= 11 is 0. The molecule has 0 spiro atoms. The van der Waals surface area contributed by atoms with Gasteiger partial charge in [0.15, 0.2) is 0 Å². The van der Waals surface area contributed by atoms with Crippen LogP contribution in [0.1, 0.15) is 43.1 Å². The predicted molar refractivity (Wildman–Crippen MR) is 90.1 cm³/mol. The molecule has 0 fully saturated rings. The minimum atomic E-state index is -3.63. The number of rotatable bonds is 9. The van der Waals surface area contributed by atoms with Gasteiger partial charge in [-0.2, -0.15) is 0 Å². The summed E-state index contributed by atoms with van der Waals surface area (Å²) in [6.07, 6.45) is 0.718. The molecule has 1 amide bonds. The lowest BCUT2D eigenvalue weighted by molar-refractivity contribution is 0.0778. The van der Waals surface area contributed by atoms with Crippen molar-refractivity contribution in [3.05, 3.63) is 29.3 Å². The zero-order valence-corrected chi connectivity index (χ0v) is 15.0. The van der Waals surface area contributed by atoms with Crippen LogP contribution in [-0.2, 0) is 14.8 Å². The fourth-order valence-electron chi connectivity index (χ4n) is 1.95. The van der Waals surface area contributed by atoms with Crippen LogP contribution in [0.2, 0.25) is 0 Å². The third kappa shape index (κ3) is 6.29. The molecular formula is C16H26N2O4S. The van der Waals surface area contributed by atoms with Crippen LogP contribution < -0.4 is 10.0 Å². The molecule has 23 heavy (non-hydrogen) atoms. The molecule has 0 aliphatic rings. The molecule has 0 heterocycles. The molecule has 1 aromatic rings. The van der Waals surface area contributed by atoms with Gasteiger partial charge in [-0.3, -0.25) is 4.79 Å².